The van der Waals surface area contributed by atoms with Crippen LogP contribution in [0.15, 0.2) is 36.8 Å². The molecule has 1 aromatic heterocycles. The Bertz CT molecular complexity index is 684. The maximum Gasteiger partial charge on any atom is 0.220 e. The summed E-state index contributed by atoms with van der Waals surface area (Å²) in [4.78, 5) is 16.3. The third-order valence-corrected chi connectivity index (χ3v) is 4.39. The Morgan fingerprint density at radius 3 is 2.92 bits per heavy atom. The topological polar surface area (TPSA) is 56.2 Å². The molecule has 0 radical (unpaired) electrons. The lowest BCUT2D eigenvalue weighted by Gasteiger charge is -2.30. The second kappa shape index (κ2) is 7.57. The molecule has 5 nitrogen and oxygen atoms in total. The molecule has 1 aliphatic rings. The Hall–Kier alpha value is -2.21. The Balaban J connectivity index is 1.49. The summed E-state index contributed by atoms with van der Waals surface area (Å²) >= 11 is 0. The predicted molar refractivity (Wildman–Crippen MR) is 87.8 cm³/mol. The summed E-state index contributed by atoms with van der Waals surface area (Å²) < 4.78 is 20.6. The number of halogens is 1. The molecule has 1 aliphatic heterocycles. The molecule has 0 spiro atoms. The fraction of sp³-hybridized carbons (Fsp3) is 0.444. The number of amides is 1. The van der Waals surface area contributed by atoms with Gasteiger partial charge in [-0.15, -0.1) is 0 Å². The van der Waals surface area contributed by atoms with E-state index in [0.717, 1.165) is 24.1 Å². The van der Waals surface area contributed by atoms with E-state index in [1.807, 2.05) is 17.8 Å². The summed E-state index contributed by atoms with van der Waals surface area (Å²) in [5, 5.41) is 3.09. The first-order valence-electron chi connectivity index (χ1n) is 8.23. The fourth-order valence-corrected chi connectivity index (χ4v) is 3.02. The summed E-state index contributed by atoms with van der Waals surface area (Å²) in [6.45, 7) is 0.624. The SMILES string of the molecule is Cn1cncc1[C@H]1C[C@@H](NC(=O)CCc2ccc(F)cc2)CCO1. The number of carbonyl (C=O) groups excluding carboxylic acids is 1. The normalized spacial score (nSPS) is 20.8. The number of aryl methyl sites for hydroxylation is 2. The molecular formula is C18H22FN3O2. The van der Waals surface area contributed by atoms with Gasteiger partial charge in [0.05, 0.1) is 18.2 Å². The second-order valence-electron chi connectivity index (χ2n) is 6.20. The minimum Gasteiger partial charge on any atom is -0.372 e. The van der Waals surface area contributed by atoms with Crippen molar-refractivity contribution >= 4 is 5.91 Å². The number of nitrogens with one attached hydrogen (secondary N) is 1. The van der Waals surface area contributed by atoms with Crippen LogP contribution in [-0.4, -0.2) is 28.1 Å². The molecule has 1 aromatic carbocycles. The summed E-state index contributed by atoms with van der Waals surface area (Å²) in [5.41, 5.74) is 1.99. The minimum atomic E-state index is -0.258. The minimum absolute atomic E-state index is 0.0231. The smallest absolute Gasteiger partial charge is 0.220 e. The highest BCUT2D eigenvalue weighted by molar-refractivity contribution is 5.76. The van der Waals surface area contributed by atoms with E-state index < -0.39 is 0 Å². The maximum atomic E-state index is 12.9. The van der Waals surface area contributed by atoms with Gasteiger partial charge in [0.25, 0.3) is 0 Å². The summed E-state index contributed by atoms with van der Waals surface area (Å²) in [7, 11) is 1.94. The van der Waals surface area contributed by atoms with Crippen molar-refractivity contribution in [1.29, 1.82) is 0 Å². The molecule has 3 rings (SSSR count). The van der Waals surface area contributed by atoms with Crippen molar-refractivity contribution in [3.8, 4) is 0 Å². The number of ether oxygens (including phenoxy) is 1. The van der Waals surface area contributed by atoms with Crippen molar-refractivity contribution < 1.29 is 13.9 Å². The first kappa shape index (κ1) is 16.6. The van der Waals surface area contributed by atoms with Crippen LogP contribution in [0.25, 0.3) is 0 Å². The Labute approximate surface area is 140 Å². The van der Waals surface area contributed by atoms with E-state index in [0.29, 0.717) is 19.4 Å². The van der Waals surface area contributed by atoms with Crippen molar-refractivity contribution in [3.63, 3.8) is 0 Å². The largest absolute Gasteiger partial charge is 0.372 e. The summed E-state index contributed by atoms with van der Waals surface area (Å²) in [6.07, 6.45) is 6.11. The number of nitrogens with zero attached hydrogens (tertiary/aromatic N) is 2. The van der Waals surface area contributed by atoms with Crippen LogP contribution < -0.4 is 5.32 Å². The number of benzene rings is 1. The number of carbonyl (C=O) groups is 1. The molecule has 2 aromatic rings. The molecule has 128 valence electrons. The molecular weight excluding hydrogens is 309 g/mol. The van der Waals surface area contributed by atoms with Gasteiger partial charge in [0.15, 0.2) is 0 Å². The van der Waals surface area contributed by atoms with Gasteiger partial charge in [-0.3, -0.25) is 4.79 Å². The fourth-order valence-electron chi connectivity index (χ4n) is 3.02. The molecule has 24 heavy (non-hydrogen) atoms. The maximum absolute atomic E-state index is 12.9. The molecule has 1 amide bonds. The molecule has 1 saturated heterocycles. The Kier molecular flexibility index (Phi) is 5.25. The van der Waals surface area contributed by atoms with Crippen LogP contribution in [0.1, 0.15) is 36.6 Å². The molecule has 0 bridgehead atoms. The molecule has 6 heteroatoms. The van der Waals surface area contributed by atoms with Crippen LogP contribution >= 0.6 is 0 Å². The molecule has 0 aliphatic carbocycles. The van der Waals surface area contributed by atoms with Crippen molar-refractivity contribution in [2.24, 2.45) is 7.05 Å². The molecule has 0 saturated carbocycles. The lowest BCUT2D eigenvalue weighted by molar-refractivity contribution is -0.122. The molecule has 0 unspecified atom stereocenters. The number of hydrogen-bond donors (Lipinski definition) is 1. The van der Waals surface area contributed by atoms with Gasteiger partial charge >= 0.3 is 0 Å². The van der Waals surface area contributed by atoms with Crippen molar-refractivity contribution in [2.75, 3.05) is 6.61 Å². The average Bonchev–Trinajstić information content (AvgIpc) is 3.01. The van der Waals surface area contributed by atoms with E-state index in [2.05, 4.69) is 10.3 Å². The summed E-state index contributed by atoms with van der Waals surface area (Å²) in [6, 6.07) is 6.39. The van der Waals surface area contributed by atoms with Crippen LogP contribution in [0.2, 0.25) is 0 Å². The van der Waals surface area contributed by atoms with Crippen LogP contribution in [0.4, 0.5) is 4.39 Å². The number of hydrogen-bond acceptors (Lipinski definition) is 3. The third-order valence-electron chi connectivity index (χ3n) is 4.39. The van der Waals surface area contributed by atoms with Gasteiger partial charge in [0.2, 0.25) is 5.91 Å². The number of aromatic nitrogens is 2. The lowest BCUT2D eigenvalue weighted by atomic mass is 10.0. The van der Waals surface area contributed by atoms with E-state index in [1.54, 1.807) is 18.5 Å². The number of rotatable bonds is 5. The first-order chi connectivity index (χ1) is 11.6. The van der Waals surface area contributed by atoms with Crippen molar-refractivity contribution in [3.05, 3.63) is 53.9 Å². The van der Waals surface area contributed by atoms with E-state index >= 15 is 0 Å². The highest BCUT2D eigenvalue weighted by Crippen LogP contribution is 2.27. The van der Waals surface area contributed by atoms with Crippen LogP contribution in [0.3, 0.4) is 0 Å². The molecule has 1 N–H and O–H groups in total. The van der Waals surface area contributed by atoms with E-state index in [1.165, 1.54) is 12.1 Å². The van der Waals surface area contributed by atoms with Gasteiger partial charge in [0.1, 0.15) is 11.9 Å². The predicted octanol–water partition coefficient (Wildman–Crippen LogP) is 2.53. The number of imidazole rings is 1. The zero-order chi connectivity index (χ0) is 16.9. The summed E-state index contributed by atoms with van der Waals surface area (Å²) in [5.74, 6) is -0.235. The van der Waals surface area contributed by atoms with Crippen LogP contribution in [0.5, 0.6) is 0 Å². The zero-order valence-corrected chi connectivity index (χ0v) is 13.7. The lowest BCUT2D eigenvalue weighted by Crippen LogP contribution is -2.40. The third kappa shape index (κ3) is 4.20. The van der Waals surface area contributed by atoms with Crippen molar-refractivity contribution in [2.45, 2.75) is 37.8 Å². The van der Waals surface area contributed by atoms with E-state index in [4.69, 9.17) is 4.74 Å². The first-order valence-corrected chi connectivity index (χ1v) is 8.23. The molecule has 2 heterocycles. The molecule has 2 atom stereocenters. The average molecular weight is 331 g/mol. The van der Waals surface area contributed by atoms with Gasteiger partial charge in [0, 0.05) is 26.1 Å². The standard InChI is InChI=1S/C18H22FN3O2/c1-22-12-20-11-16(22)17-10-15(8-9-24-17)21-18(23)7-4-13-2-5-14(19)6-3-13/h2-3,5-6,11-12,15,17H,4,7-10H2,1H3,(H,21,23)/t15-,17+/m0/s1. The highest BCUT2D eigenvalue weighted by atomic mass is 19.1. The second-order valence-corrected chi connectivity index (χ2v) is 6.20. The quantitative estimate of drug-likeness (QED) is 0.916. The Morgan fingerprint density at radius 2 is 2.21 bits per heavy atom. The van der Waals surface area contributed by atoms with E-state index in [-0.39, 0.29) is 23.9 Å². The van der Waals surface area contributed by atoms with Crippen LogP contribution in [-0.2, 0) is 23.0 Å². The van der Waals surface area contributed by atoms with Gasteiger partial charge in [-0.1, -0.05) is 12.1 Å². The van der Waals surface area contributed by atoms with Gasteiger partial charge < -0.3 is 14.6 Å². The zero-order valence-electron chi connectivity index (χ0n) is 13.7. The van der Waals surface area contributed by atoms with Gasteiger partial charge in [-0.05, 0) is 37.0 Å². The van der Waals surface area contributed by atoms with Crippen LogP contribution in [0, 0.1) is 5.82 Å². The van der Waals surface area contributed by atoms with E-state index in [9.17, 15) is 9.18 Å². The van der Waals surface area contributed by atoms with Gasteiger partial charge in [-0.2, -0.15) is 0 Å². The van der Waals surface area contributed by atoms with Crippen molar-refractivity contribution in [1.82, 2.24) is 14.9 Å². The molecule has 1 fully saturated rings. The Morgan fingerprint density at radius 1 is 1.42 bits per heavy atom. The monoisotopic (exact) mass is 331 g/mol. The van der Waals surface area contributed by atoms with Gasteiger partial charge in [-0.25, -0.2) is 9.37 Å². The highest BCUT2D eigenvalue weighted by Gasteiger charge is 2.26.